The molecule has 1 aromatic rings. The van der Waals surface area contributed by atoms with Crippen molar-refractivity contribution < 1.29 is 9.90 Å². The molecule has 5 nitrogen and oxygen atoms in total. The number of aliphatic hydroxyl groups excluding tert-OH is 1. The number of carbonyl (C=O) groups is 1. The molecule has 0 unspecified atom stereocenters. The predicted octanol–water partition coefficient (Wildman–Crippen LogP) is 2.17. The van der Waals surface area contributed by atoms with Crippen LogP contribution in [0.1, 0.15) is 31.2 Å². The summed E-state index contributed by atoms with van der Waals surface area (Å²) in [5.41, 5.74) is 2.30. The van der Waals surface area contributed by atoms with Gasteiger partial charge in [-0.15, -0.1) is 0 Å². The maximum atomic E-state index is 11.9. The lowest BCUT2D eigenvalue weighted by molar-refractivity contribution is 0.117. The van der Waals surface area contributed by atoms with Crippen molar-refractivity contribution in [3.63, 3.8) is 0 Å². The molecule has 3 N–H and O–H groups in total. The first-order valence-corrected chi connectivity index (χ1v) is 8.42. The fourth-order valence-corrected chi connectivity index (χ4v) is 3.15. The largest absolute Gasteiger partial charge is 0.393 e. The van der Waals surface area contributed by atoms with Crippen molar-refractivity contribution in [1.82, 2.24) is 10.6 Å². The van der Waals surface area contributed by atoms with Crippen LogP contribution in [-0.2, 0) is 6.54 Å². The second-order valence-electron chi connectivity index (χ2n) is 6.38. The fourth-order valence-electron chi connectivity index (χ4n) is 3.15. The number of urea groups is 1. The van der Waals surface area contributed by atoms with E-state index in [4.69, 9.17) is 0 Å². The Morgan fingerprint density at radius 1 is 1.09 bits per heavy atom. The van der Waals surface area contributed by atoms with Crippen LogP contribution < -0.4 is 15.5 Å². The minimum atomic E-state index is -0.194. The van der Waals surface area contributed by atoms with Gasteiger partial charge in [0.1, 0.15) is 0 Å². The first kappa shape index (κ1) is 15.9. The van der Waals surface area contributed by atoms with Gasteiger partial charge in [-0.1, -0.05) is 24.3 Å². The van der Waals surface area contributed by atoms with Crippen LogP contribution in [0, 0.1) is 0 Å². The molecule has 0 atom stereocenters. The molecule has 1 aliphatic carbocycles. The summed E-state index contributed by atoms with van der Waals surface area (Å²) in [7, 11) is 0. The van der Waals surface area contributed by atoms with Crippen LogP contribution >= 0.6 is 0 Å². The smallest absolute Gasteiger partial charge is 0.315 e. The zero-order valence-corrected chi connectivity index (χ0v) is 13.4. The van der Waals surface area contributed by atoms with E-state index in [0.29, 0.717) is 6.54 Å². The summed E-state index contributed by atoms with van der Waals surface area (Å²) < 4.78 is 0. The maximum Gasteiger partial charge on any atom is 0.315 e. The van der Waals surface area contributed by atoms with E-state index in [0.717, 1.165) is 44.3 Å². The van der Waals surface area contributed by atoms with Gasteiger partial charge in [-0.3, -0.25) is 0 Å². The highest BCUT2D eigenvalue weighted by Crippen LogP contribution is 2.19. The van der Waals surface area contributed by atoms with Gasteiger partial charge in [-0.2, -0.15) is 0 Å². The quantitative estimate of drug-likeness (QED) is 0.746. The molecule has 2 aliphatic rings. The van der Waals surface area contributed by atoms with Gasteiger partial charge in [-0.25, -0.2) is 4.79 Å². The molecular formula is C18H25N3O2. The normalized spacial score (nSPS) is 23.8. The molecule has 1 fully saturated rings. The van der Waals surface area contributed by atoms with E-state index < -0.39 is 0 Å². The molecule has 0 spiro atoms. The number of hydrogen-bond donors (Lipinski definition) is 3. The van der Waals surface area contributed by atoms with Gasteiger partial charge in [0, 0.05) is 31.4 Å². The van der Waals surface area contributed by atoms with Crippen LogP contribution in [-0.4, -0.2) is 36.4 Å². The molecule has 2 amide bonds. The van der Waals surface area contributed by atoms with Crippen molar-refractivity contribution in [3.05, 3.63) is 42.0 Å². The van der Waals surface area contributed by atoms with E-state index in [2.05, 4.69) is 52.0 Å². The summed E-state index contributed by atoms with van der Waals surface area (Å²) in [6.07, 6.45) is 7.41. The average Bonchev–Trinajstić information content (AvgIpc) is 3.10. The van der Waals surface area contributed by atoms with Crippen LogP contribution in [0.25, 0.3) is 0 Å². The summed E-state index contributed by atoms with van der Waals surface area (Å²) in [5, 5.41) is 15.4. The molecule has 0 bridgehead atoms. The van der Waals surface area contributed by atoms with Gasteiger partial charge in [-0.05, 0) is 43.4 Å². The Morgan fingerprint density at radius 2 is 1.74 bits per heavy atom. The maximum absolute atomic E-state index is 11.9. The number of hydrogen-bond acceptors (Lipinski definition) is 3. The molecule has 1 aromatic carbocycles. The summed E-state index contributed by atoms with van der Waals surface area (Å²) in [6.45, 7) is 2.46. The first-order valence-electron chi connectivity index (χ1n) is 8.42. The Balaban J connectivity index is 1.41. The summed E-state index contributed by atoms with van der Waals surface area (Å²) >= 11 is 0. The van der Waals surface area contributed by atoms with Gasteiger partial charge in [0.2, 0.25) is 0 Å². The molecule has 124 valence electrons. The third kappa shape index (κ3) is 4.48. The zero-order chi connectivity index (χ0) is 16.1. The number of rotatable bonds is 4. The molecule has 1 heterocycles. The number of amides is 2. The summed E-state index contributed by atoms with van der Waals surface area (Å²) in [6, 6.07) is 8.38. The summed E-state index contributed by atoms with van der Waals surface area (Å²) in [5.74, 6) is 0. The van der Waals surface area contributed by atoms with Crippen LogP contribution in [0.5, 0.6) is 0 Å². The van der Waals surface area contributed by atoms with Crippen molar-refractivity contribution in [2.45, 2.75) is 44.4 Å². The minimum absolute atomic E-state index is 0.126. The topological polar surface area (TPSA) is 64.6 Å². The number of anilines is 1. The SMILES string of the molecule is O=C(NCc1ccc(N2CC=CC2)cc1)NC1CCC(O)CC1. The molecule has 23 heavy (non-hydrogen) atoms. The highest BCUT2D eigenvalue weighted by atomic mass is 16.3. The van der Waals surface area contributed by atoms with Crippen LogP contribution in [0.15, 0.2) is 36.4 Å². The van der Waals surface area contributed by atoms with Crippen molar-refractivity contribution in [3.8, 4) is 0 Å². The summed E-state index contributed by atoms with van der Waals surface area (Å²) in [4.78, 5) is 14.2. The van der Waals surface area contributed by atoms with Crippen molar-refractivity contribution in [2.75, 3.05) is 18.0 Å². The Bertz CT molecular complexity index is 540. The number of nitrogens with zero attached hydrogens (tertiary/aromatic N) is 1. The molecule has 0 aromatic heterocycles. The van der Waals surface area contributed by atoms with E-state index in [9.17, 15) is 9.90 Å². The molecule has 5 heteroatoms. The first-order chi connectivity index (χ1) is 11.2. The molecule has 3 rings (SSSR count). The number of benzene rings is 1. The Morgan fingerprint density at radius 3 is 2.39 bits per heavy atom. The minimum Gasteiger partial charge on any atom is -0.393 e. The average molecular weight is 315 g/mol. The van der Waals surface area contributed by atoms with Crippen molar-refractivity contribution >= 4 is 11.7 Å². The number of carbonyl (C=O) groups excluding carboxylic acids is 1. The van der Waals surface area contributed by atoms with Gasteiger partial charge in [0.25, 0.3) is 0 Å². The Kier molecular flexibility index (Phi) is 5.18. The van der Waals surface area contributed by atoms with Crippen molar-refractivity contribution in [1.29, 1.82) is 0 Å². The van der Waals surface area contributed by atoms with Gasteiger partial charge in [0.05, 0.1) is 6.10 Å². The van der Waals surface area contributed by atoms with E-state index >= 15 is 0 Å². The standard InChI is InChI=1S/C18H25N3O2/c22-17-9-5-15(6-10-17)20-18(23)19-13-14-3-7-16(8-4-14)21-11-1-2-12-21/h1-4,7-8,15,17,22H,5-6,9-13H2,(H2,19,20,23). The van der Waals surface area contributed by atoms with Crippen LogP contribution in [0.2, 0.25) is 0 Å². The van der Waals surface area contributed by atoms with E-state index in [1.54, 1.807) is 0 Å². The third-order valence-electron chi connectivity index (χ3n) is 4.60. The highest BCUT2D eigenvalue weighted by Gasteiger charge is 2.20. The molecule has 0 radical (unpaired) electrons. The fraction of sp³-hybridized carbons (Fsp3) is 0.500. The second kappa shape index (κ2) is 7.51. The lowest BCUT2D eigenvalue weighted by Gasteiger charge is -2.26. The molecular weight excluding hydrogens is 290 g/mol. The van der Waals surface area contributed by atoms with Crippen LogP contribution in [0.4, 0.5) is 10.5 Å². The van der Waals surface area contributed by atoms with Crippen LogP contribution in [0.3, 0.4) is 0 Å². The Labute approximate surface area is 137 Å². The van der Waals surface area contributed by atoms with Gasteiger partial charge in [0.15, 0.2) is 0 Å². The number of aliphatic hydroxyl groups is 1. The monoisotopic (exact) mass is 315 g/mol. The lowest BCUT2D eigenvalue weighted by Crippen LogP contribution is -2.43. The third-order valence-corrected chi connectivity index (χ3v) is 4.60. The van der Waals surface area contributed by atoms with E-state index in [1.807, 2.05) is 0 Å². The zero-order valence-electron chi connectivity index (χ0n) is 13.4. The second-order valence-corrected chi connectivity index (χ2v) is 6.38. The van der Waals surface area contributed by atoms with E-state index in [-0.39, 0.29) is 18.2 Å². The predicted molar refractivity (Wildman–Crippen MR) is 91.4 cm³/mol. The Hall–Kier alpha value is -2.01. The molecule has 0 saturated heterocycles. The van der Waals surface area contributed by atoms with Gasteiger partial charge < -0.3 is 20.6 Å². The van der Waals surface area contributed by atoms with Gasteiger partial charge >= 0.3 is 6.03 Å². The van der Waals surface area contributed by atoms with Crippen molar-refractivity contribution in [2.24, 2.45) is 0 Å². The highest BCUT2D eigenvalue weighted by molar-refractivity contribution is 5.74. The molecule has 1 saturated carbocycles. The van der Waals surface area contributed by atoms with E-state index in [1.165, 1.54) is 5.69 Å². The molecule has 1 aliphatic heterocycles. The lowest BCUT2D eigenvalue weighted by atomic mass is 9.93. The number of nitrogens with one attached hydrogen (secondary N) is 2.